The van der Waals surface area contributed by atoms with E-state index in [-0.39, 0.29) is 0 Å². The highest BCUT2D eigenvalue weighted by Crippen LogP contribution is 2.41. The van der Waals surface area contributed by atoms with Gasteiger partial charge in [0.25, 0.3) is 0 Å². The second-order valence-electron chi connectivity index (χ2n) is 6.45. The van der Waals surface area contributed by atoms with Crippen LogP contribution in [-0.2, 0) is 0 Å². The molecule has 0 aliphatic rings. The van der Waals surface area contributed by atoms with Gasteiger partial charge in [-0.2, -0.15) is 0 Å². The summed E-state index contributed by atoms with van der Waals surface area (Å²) in [6.07, 6.45) is 5.51. The maximum atomic E-state index is 2.41. The van der Waals surface area contributed by atoms with E-state index in [0.29, 0.717) is 5.41 Å². The molecule has 0 saturated heterocycles. The van der Waals surface area contributed by atoms with Gasteiger partial charge in [-0.1, -0.05) is 74.1 Å². The second kappa shape index (κ2) is 6.55. The predicted octanol–water partition coefficient (Wildman–Crippen LogP) is 5.52. The average Bonchev–Trinajstić information content (AvgIpc) is 2.08. The van der Waals surface area contributed by atoms with Crippen molar-refractivity contribution in [2.45, 2.75) is 74.1 Å². The summed E-state index contributed by atoms with van der Waals surface area (Å²) in [5, 5.41) is 0. The third-order valence-electron chi connectivity index (χ3n) is 3.68. The Balaban J connectivity index is 4.56. The van der Waals surface area contributed by atoms with Crippen LogP contribution >= 0.6 is 0 Å². The van der Waals surface area contributed by atoms with Crippen molar-refractivity contribution in [2.24, 2.45) is 23.2 Å². The summed E-state index contributed by atoms with van der Waals surface area (Å²) >= 11 is 0. The molecule has 0 aromatic rings. The van der Waals surface area contributed by atoms with E-state index in [1.807, 2.05) is 0 Å². The zero-order chi connectivity index (χ0) is 12.1. The summed E-state index contributed by atoms with van der Waals surface area (Å²) in [6, 6.07) is 0. The van der Waals surface area contributed by atoms with Crippen molar-refractivity contribution in [3.8, 4) is 0 Å². The lowest BCUT2D eigenvalue weighted by Crippen LogP contribution is -2.32. The van der Waals surface area contributed by atoms with Crippen molar-refractivity contribution in [3.63, 3.8) is 0 Å². The Morgan fingerprint density at radius 2 is 1.53 bits per heavy atom. The fourth-order valence-electron chi connectivity index (χ4n) is 3.36. The number of rotatable bonds is 6. The first kappa shape index (κ1) is 15.0. The molecule has 2 unspecified atom stereocenters. The van der Waals surface area contributed by atoms with Crippen molar-refractivity contribution in [2.75, 3.05) is 0 Å². The molecule has 0 nitrogen and oxygen atoms in total. The lowest BCUT2D eigenvalue weighted by atomic mass is 9.65. The molecular weight excluding hydrogens is 180 g/mol. The molecule has 0 fully saturated rings. The largest absolute Gasteiger partial charge is 0.0654 e. The fourth-order valence-corrected chi connectivity index (χ4v) is 3.36. The van der Waals surface area contributed by atoms with Crippen LogP contribution in [0.15, 0.2) is 0 Å². The molecule has 0 aliphatic carbocycles. The van der Waals surface area contributed by atoms with Crippen LogP contribution in [0.3, 0.4) is 0 Å². The van der Waals surface area contributed by atoms with Crippen LogP contribution in [0.2, 0.25) is 0 Å². The van der Waals surface area contributed by atoms with Gasteiger partial charge in [0.05, 0.1) is 0 Å². The Bertz CT molecular complexity index is 150. The van der Waals surface area contributed by atoms with E-state index in [2.05, 4.69) is 48.5 Å². The van der Waals surface area contributed by atoms with E-state index in [0.717, 1.165) is 17.8 Å². The predicted molar refractivity (Wildman–Crippen MR) is 71.1 cm³/mol. The van der Waals surface area contributed by atoms with Gasteiger partial charge in [0, 0.05) is 0 Å². The van der Waals surface area contributed by atoms with E-state index in [4.69, 9.17) is 0 Å². The monoisotopic (exact) mass is 212 g/mol. The van der Waals surface area contributed by atoms with Gasteiger partial charge in [-0.05, 0) is 23.2 Å². The lowest BCUT2D eigenvalue weighted by Gasteiger charge is -2.40. The number of unbranched alkanes of at least 4 members (excludes halogenated alkanes) is 1. The molecule has 0 saturated carbocycles. The molecule has 0 bridgehead atoms. The van der Waals surface area contributed by atoms with Crippen molar-refractivity contribution in [3.05, 3.63) is 0 Å². The van der Waals surface area contributed by atoms with Crippen LogP contribution in [-0.4, -0.2) is 0 Å². The molecule has 0 heteroatoms. The van der Waals surface area contributed by atoms with Crippen molar-refractivity contribution >= 4 is 0 Å². The van der Waals surface area contributed by atoms with E-state index in [9.17, 15) is 0 Å². The Morgan fingerprint density at radius 1 is 1.00 bits per heavy atom. The first-order chi connectivity index (χ1) is 6.84. The van der Waals surface area contributed by atoms with Crippen LogP contribution in [0.5, 0.6) is 0 Å². The van der Waals surface area contributed by atoms with Crippen LogP contribution in [0.25, 0.3) is 0 Å². The maximum absolute atomic E-state index is 2.41. The van der Waals surface area contributed by atoms with Crippen molar-refractivity contribution in [1.29, 1.82) is 0 Å². The van der Waals surface area contributed by atoms with E-state index >= 15 is 0 Å². The summed E-state index contributed by atoms with van der Waals surface area (Å²) in [5.74, 6) is 2.60. The first-order valence-corrected chi connectivity index (χ1v) is 6.84. The van der Waals surface area contributed by atoms with E-state index in [1.54, 1.807) is 0 Å². The van der Waals surface area contributed by atoms with Crippen LogP contribution in [0.4, 0.5) is 0 Å². The topological polar surface area (TPSA) is 0 Å². The molecular formula is C15H32. The second-order valence-corrected chi connectivity index (χ2v) is 6.45. The highest BCUT2D eigenvalue weighted by atomic mass is 14.4. The van der Waals surface area contributed by atoms with Crippen LogP contribution < -0.4 is 0 Å². The number of hydrogen-bond acceptors (Lipinski definition) is 0. The third-order valence-corrected chi connectivity index (χ3v) is 3.68. The Labute approximate surface area is 97.8 Å². The van der Waals surface area contributed by atoms with Gasteiger partial charge < -0.3 is 0 Å². The molecule has 0 spiro atoms. The van der Waals surface area contributed by atoms with Gasteiger partial charge in [-0.3, -0.25) is 0 Å². The van der Waals surface area contributed by atoms with E-state index < -0.39 is 0 Å². The summed E-state index contributed by atoms with van der Waals surface area (Å²) in [7, 11) is 0. The zero-order valence-corrected chi connectivity index (χ0v) is 12.1. The van der Waals surface area contributed by atoms with Gasteiger partial charge in [0.1, 0.15) is 0 Å². The normalized spacial score (nSPS) is 16.8. The molecule has 0 aromatic heterocycles. The molecule has 0 amide bonds. The fraction of sp³-hybridized carbons (Fsp3) is 1.00. The first-order valence-electron chi connectivity index (χ1n) is 6.84. The molecule has 2 atom stereocenters. The van der Waals surface area contributed by atoms with Gasteiger partial charge in [-0.25, -0.2) is 0 Å². The van der Waals surface area contributed by atoms with Gasteiger partial charge >= 0.3 is 0 Å². The lowest BCUT2D eigenvalue weighted by molar-refractivity contribution is 0.0947. The minimum absolute atomic E-state index is 0.461. The smallest absolute Gasteiger partial charge is 0.0314 e. The van der Waals surface area contributed by atoms with Gasteiger partial charge in [0.15, 0.2) is 0 Å². The molecule has 0 rings (SSSR count). The van der Waals surface area contributed by atoms with Crippen LogP contribution in [0.1, 0.15) is 74.1 Å². The minimum atomic E-state index is 0.461. The molecule has 0 heterocycles. The van der Waals surface area contributed by atoms with Crippen molar-refractivity contribution < 1.29 is 0 Å². The summed E-state index contributed by atoms with van der Waals surface area (Å²) < 4.78 is 0. The number of hydrogen-bond donors (Lipinski definition) is 0. The summed E-state index contributed by atoms with van der Waals surface area (Å²) in [5.41, 5.74) is 0.461. The summed E-state index contributed by atoms with van der Waals surface area (Å²) in [4.78, 5) is 0. The average molecular weight is 212 g/mol. The Morgan fingerprint density at radius 3 is 1.80 bits per heavy atom. The molecule has 0 aliphatic heterocycles. The quantitative estimate of drug-likeness (QED) is 0.543. The molecule has 0 aromatic carbocycles. The molecule has 15 heavy (non-hydrogen) atoms. The highest BCUT2D eigenvalue weighted by Gasteiger charge is 2.32. The van der Waals surface area contributed by atoms with Crippen molar-refractivity contribution in [1.82, 2.24) is 0 Å². The molecule has 92 valence electrons. The minimum Gasteiger partial charge on any atom is -0.0654 e. The Hall–Kier alpha value is 0. The SMILES string of the molecule is CCCCC(CC)C(C(C)C)C(C)(C)C. The Kier molecular flexibility index (Phi) is 6.55. The maximum Gasteiger partial charge on any atom is -0.0314 e. The van der Waals surface area contributed by atoms with Crippen LogP contribution in [0, 0.1) is 23.2 Å². The molecule has 0 N–H and O–H groups in total. The third kappa shape index (κ3) is 5.04. The van der Waals surface area contributed by atoms with Gasteiger partial charge in [0.2, 0.25) is 0 Å². The van der Waals surface area contributed by atoms with Gasteiger partial charge in [-0.15, -0.1) is 0 Å². The molecule has 0 radical (unpaired) electrons. The highest BCUT2D eigenvalue weighted by molar-refractivity contribution is 4.82. The summed E-state index contributed by atoms with van der Waals surface area (Å²) in [6.45, 7) is 16.7. The zero-order valence-electron chi connectivity index (χ0n) is 12.1. The standard InChI is InChI=1S/C15H32/c1-8-10-11-13(9-2)14(12(3)4)15(5,6)7/h12-14H,8-11H2,1-7H3. The van der Waals surface area contributed by atoms with E-state index in [1.165, 1.54) is 25.7 Å².